The van der Waals surface area contributed by atoms with Gasteiger partial charge in [-0.3, -0.25) is 0 Å². The zero-order valence-corrected chi connectivity index (χ0v) is 10.0. The van der Waals surface area contributed by atoms with Crippen LogP contribution in [0, 0.1) is 0 Å². The number of hydrogen-bond donors (Lipinski definition) is 1. The van der Waals surface area contributed by atoms with Crippen molar-refractivity contribution in [2.45, 2.75) is 19.4 Å². The van der Waals surface area contributed by atoms with Crippen LogP contribution in [0.3, 0.4) is 0 Å². The largest absolute Gasteiger partial charge is 1.00 e. The van der Waals surface area contributed by atoms with E-state index in [1.807, 2.05) is 19.1 Å². The highest BCUT2D eigenvalue weighted by Gasteiger charge is 2.18. The Morgan fingerprint density at radius 1 is 1.29 bits per heavy atom. The maximum atomic E-state index is 9.19. The third kappa shape index (κ3) is 7.13. The van der Waals surface area contributed by atoms with Gasteiger partial charge in [0.25, 0.3) is 0 Å². The Labute approximate surface area is 93.9 Å². The fourth-order valence-electron chi connectivity index (χ4n) is 1.38. The van der Waals surface area contributed by atoms with Crippen LogP contribution < -0.4 is 12.4 Å². The van der Waals surface area contributed by atoms with Crippen LogP contribution in [0.2, 0.25) is 0 Å². The van der Waals surface area contributed by atoms with Gasteiger partial charge in [0.2, 0.25) is 0 Å². The summed E-state index contributed by atoms with van der Waals surface area (Å²) in [6.07, 6.45) is 4.46. The third-order valence-corrected chi connectivity index (χ3v) is 2.23. The van der Waals surface area contributed by atoms with E-state index in [1.54, 1.807) is 0 Å². The van der Waals surface area contributed by atoms with E-state index in [4.69, 9.17) is 0 Å². The summed E-state index contributed by atoms with van der Waals surface area (Å²) in [6.45, 7) is 12.1. The smallest absolute Gasteiger partial charge is 0.0971 e. The molecule has 2 nitrogen and oxygen atoms in total. The molecule has 0 aromatic heterocycles. The van der Waals surface area contributed by atoms with Crippen LogP contribution >= 0.6 is 0 Å². The van der Waals surface area contributed by atoms with E-state index in [0.29, 0.717) is 0 Å². The molecular weight excluding hydrogens is 198 g/mol. The van der Waals surface area contributed by atoms with Crippen molar-refractivity contribution in [3.63, 3.8) is 0 Å². The van der Waals surface area contributed by atoms with Gasteiger partial charge in [-0.05, 0) is 19.1 Å². The maximum Gasteiger partial charge on any atom is 0.0971 e. The zero-order chi connectivity index (χ0) is 10.3. The van der Waals surface area contributed by atoms with Gasteiger partial charge in [-0.1, -0.05) is 13.2 Å². The van der Waals surface area contributed by atoms with Crippen LogP contribution in [-0.4, -0.2) is 42.4 Å². The SMILES string of the molecule is C=CC[N+](C)(CC=C)CCC(C)O.[Cl-]. The van der Waals surface area contributed by atoms with Crippen molar-refractivity contribution in [2.24, 2.45) is 0 Å². The predicted molar refractivity (Wildman–Crippen MR) is 57.5 cm³/mol. The number of aliphatic hydroxyl groups excluding tert-OH is 1. The molecule has 0 rings (SSSR count). The molecule has 3 heteroatoms. The number of rotatable bonds is 7. The summed E-state index contributed by atoms with van der Waals surface area (Å²) in [5.74, 6) is 0. The molecule has 0 saturated carbocycles. The minimum absolute atomic E-state index is 0. The van der Waals surface area contributed by atoms with Gasteiger partial charge in [0, 0.05) is 6.42 Å². The summed E-state index contributed by atoms with van der Waals surface area (Å²) in [5.41, 5.74) is 0. The van der Waals surface area contributed by atoms with E-state index in [9.17, 15) is 5.11 Å². The molecule has 1 N–H and O–H groups in total. The molecule has 0 aliphatic rings. The fourth-order valence-corrected chi connectivity index (χ4v) is 1.38. The first kappa shape index (κ1) is 16.1. The van der Waals surface area contributed by atoms with Gasteiger partial charge in [-0.15, -0.1) is 0 Å². The molecule has 84 valence electrons. The lowest BCUT2D eigenvalue weighted by Gasteiger charge is -2.32. The fraction of sp³-hybridized carbons (Fsp3) is 0.636. The Morgan fingerprint density at radius 3 is 2.00 bits per heavy atom. The number of hydrogen-bond acceptors (Lipinski definition) is 1. The Balaban J connectivity index is 0. The van der Waals surface area contributed by atoms with Crippen LogP contribution in [-0.2, 0) is 0 Å². The highest BCUT2D eigenvalue weighted by molar-refractivity contribution is 4.71. The standard InChI is InChI=1S/C11H22NO.ClH/c1-5-8-12(4,9-6-2)10-7-11(3)13;/h5-6,11,13H,1-2,7-10H2,3-4H3;1H/q+1;/p-1. The van der Waals surface area contributed by atoms with Gasteiger partial charge in [0.05, 0.1) is 32.8 Å². The van der Waals surface area contributed by atoms with E-state index in [-0.39, 0.29) is 18.5 Å². The molecule has 0 spiro atoms. The number of likely N-dealkylation sites (N-methyl/N-ethyl adjacent to an activating group) is 1. The Kier molecular flexibility index (Phi) is 9.26. The first-order valence-corrected chi connectivity index (χ1v) is 4.77. The lowest BCUT2D eigenvalue weighted by Crippen LogP contribution is -3.00. The molecule has 1 atom stereocenters. The molecule has 0 aromatic carbocycles. The first-order chi connectivity index (χ1) is 6.04. The van der Waals surface area contributed by atoms with E-state index >= 15 is 0 Å². The van der Waals surface area contributed by atoms with Gasteiger partial charge in [-0.2, -0.15) is 0 Å². The molecular formula is C11H22ClNO. The van der Waals surface area contributed by atoms with Gasteiger partial charge < -0.3 is 22.0 Å². The van der Waals surface area contributed by atoms with Crippen molar-refractivity contribution in [1.82, 2.24) is 0 Å². The summed E-state index contributed by atoms with van der Waals surface area (Å²) < 4.78 is 0.887. The normalized spacial score (nSPS) is 12.8. The molecule has 14 heavy (non-hydrogen) atoms. The van der Waals surface area contributed by atoms with Gasteiger partial charge >= 0.3 is 0 Å². The highest BCUT2D eigenvalue weighted by atomic mass is 35.5. The second kappa shape index (κ2) is 8.04. The van der Waals surface area contributed by atoms with E-state index < -0.39 is 0 Å². The summed E-state index contributed by atoms with van der Waals surface area (Å²) >= 11 is 0. The monoisotopic (exact) mass is 219 g/mol. The minimum atomic E-state index is -0.216. The van der Waals surface area contributed by atoms with Crippen molar-refractivity contribution in [1.29, 1.82) is 0 Å². The maximum absolute atomic E-state index is 9.19. The number of aliphatic hydroxyl groups is 1. The molecule has 1 unspecified atom stereocenters. The van der Waals surface area contributed by atoms with E-state index in [2.05, 4.69) is 20.2 Å². The number of quaternary nitrogens is 1. The van der Waals surface area contributed by atoms with Gasteiger partial charge in [0.15, 0.2) is 0 Å². The van der Waals surface area contributed by atoms with Crippen molar-refractivity contribution in [2.75, 3.05) is 26.7 Å². The van der Waals surface area contributed by atoms with Crippen LogP contribution in [0.4, 0.5) is 0 Å². The minimum Gasteiger partial charge on any atom is -1.00 e. The van der Waals surface area contributed by atoms with Crippen molar-refractivity contribution >= 4 is 0 Å². The summed E-state index contributed by atoms with van der Waals surface area (Å²) in [5, 5.41) is 9.19. The Hall–Kier alpha value is -0.310. The van der Waals surface area contributed by atoms with Crippen molar-refractivity contribution in [3.8, 4) is 0 Å². The molecule has 0 bridgehead atoms. The predicted octanol–water partition coefficient (Wildman–Crippen LogP) is -1.42. The average molecular weight is 220 g/mol. The third-order valence-electron chi connectivity index (χ3n) is 2.23. The van der Waals surface area contributed by atoms with E-state index in [1.165, 1.54) is 0 Å². The number of halogens is 1. The van der Waals surface area contributed by atoms with Crippen molar-refractivity contribution < 1.29 is 22.0 Å². The summed E-state index contributed by atoms with van der Waals surface area (Å²) in [7, 11) is 2.16. The average Bonchev–Trinajstić information content (AvgIpc) is 2.02. The van der Waals surface area contributed by atoms with Crippen molar-refractivity contribution in [3.05, 3.63) is 25.3 Å². The molecule has 0 aromatic rings. The molecule has 0 aliphatic heterocycles. The van der Waals surface area contributed by atoms with E-state index in [0.717, 1.165) is 30.5 Å². The molecule has 0 fully saturated rings. The zero-order valence-electron chi connectivity index (χ0n) is 9.25. The lowest BCUT2D eigenvalue weighted by atomic mass is 10.2. The second-order valence-electron chi connectivity index (χ2n) is 3.92. The Morgan fingerprint density at radius 2 is 1.71 bits per heavy atom. The molecule has 0 saturated heterocycles. The quantitative estimate of drug-likeness (QED) is 0.412. The Bertz CT molecular complexity index is 159. The van der Waals surface area contributed by atoms with Gasteiger partial charge in [-0.25, -0.2) is 0 Å². The van der Waals surface area contributed by atoms with Crippen LogP contribution in [0.5, 0.6) is 0 Å². The van der Waals surface area contributed by atoms with Gasteiger partial charge in [0.1, 0.15) is 0 Å². The summed E-state index contributed by atoms with van der Waals surface area (Å²) in [6, 6.07) is 0. The van der Waals surface area contributed by atoms with Crippen LogP contribution in [0.25, 0.3) is 0 Å². The number of nitrogens with zero attached hydrogens (tertiary/aromatic N) is 1. The second-order valence-corrected chi connectivity index (χ2v) is 3.92. The molecule has 0 aliphatic carbocycles. The molecule has 0 radical (unpaired) electrons. The first-order valence-electron chi connectivity index (χ1n) is 4.77. The topological polar surface area (TPSA) is 20.2 Å². The molecule has 0 amide bonds. The van der Waals surface area contributed by atoms with Crippen LogP contribution in [0.15, 0.2) is 25.3 Å². The van der Waals surface area contributed by atoms with Crippen LogP contribution in [0.1, 0.15) is 13.3 Å². The highest BCUT2D eigenvalue weighted by Crippen LogP contribution is 2.06. The lowest BCUT2D eigenvalue weighted by molar-refractivity contribution is -0.898. The molecule has 0 heterocycles. The summed E-state index contributed by atoms with van der Waals surface area (Å²) in [4.78, 5) is 0.